The fourth-order valence-corrected chi connectivity index (χ4v) is 3.54. The van der Waals surface area contributed by atoms with Gasteiger partial charge in [0.05, 0.1) is 5.56 Å². The number of fused-ring (bicyclic) bond motifs is 1. The van der Waals surface area contributed by atoms with Crippen LogP contribution in [0.5, 0.6) is 0 Å². The molecule has 7 heteroatoms. The van der Waals surface area contributed by atoms with E-state index in [0.717, 1.165) is 37.2 Å². The van der Waals surface area contributed by atoms with Crippen LogP contribution in [-0.2, 0) is 17.6 Å². The molecule has 4 rings (SSSR count). The van der Waals surface area contributed by atoms with Gasteiger partial charge < -0.3 is 10.1 Å². The quantitative estimate of drug-likeness (QED) is 0.893. The molecular weight excluding hydrogens is 304 g/mol. The third-order valence-electron chi connectivity index (χ3n) is 4.79. The number of H-pyrrole nitrogens is 1. The zero-order valence-corrected chi connectivity index (χ0v) is 13.7. The van der Waals surface area contributed by atoms with Crippen LogP contribution in [-0.4, -0.2) is 33.3 Å². The van der Waals surface area contributed by atoms with Gasteiger partial charge in [-0.15, -0.1) is 0 Å². The highest BCUT2D eigenvalue weighted by Gasteiger charge is 2.32. The van der Waals surface area contributed by atoms with Crippen molar-refractivity contribution >= 4 is 5.82 Å². The minimum atomic E-state index is -0.109. The van der Waals surface area contributed by atoms with Crippen LogP contribution >= 0.6 is 0 Å². The van der Waals surface area contributed by atoms with Crippen LogP contribution in [0, 0.1) is 24.2 Å². The molecular formula is C17H20N6O. The van der Waals surface area contributed by atoms with Crippen molar-refractivity contribution in [2.24, 2.45) is 5.92 Å². The summed E-state index contributed by atoms with van der Waals surface area (Å²) < 4.78 is 5.81. The molecule has 2 aliphatic rings. The largest absolute Gasteiger partial charge is 0.370 e. The minimum absolute atomic E-state index is 0.109. The molecule has 2 aromatic heterocycles. The number of aromatic amines is 1. The lowest BCUT2D eigenvalue weighted by Crippen LogP contribution is -2.20. The Morgan fingerprint density at radius 2 is 2.33 bits per heavy atom. The van der Waals surface area contributed by atoms with Crippen LogP contribution in [0.1, 0.15) is 47.4 Å². The van der Waals surface area contributed by atoms with Gasteiger partial charge in [0.1, 0.15) is 23.8 Å². The summed E-state index contributed by atoms with van der Waals surface area (Å²) in [6.45, 7) is 3.28. The summed E-state index contributed by atoms with van der Waals surface area (Å²) >= 11 is 0. The maximum Gasteiger partial charge on any atom is 0.179 e. The molecule has 0 spiro atoms. The van der Waals surface area contributed by atoms with E-state index >= 15 is 0 Å². The standard InChI is InChI=1S/C17H20N6O/c1-10-20-17(23-22-10)15-12(5-6-24-15)9-19-16-13(8-18)7-11-3-2-4-14(11)21-16/h7,12,15H,2-6,9H2,1H3,(H,19,21)(H,20,22,23)/t12-,15-/m0/s1. The Morgan fingerprint density at radius 3 is 3.12 bits per heavy atom. The molecule has 0 aromatic carbocycles. The van der Waals surface area contributed by atoms with Gasteiger partial charge in [0.2, 0.25) is 0 Å². The van der Waals surface area contributed by atoms with E-state index in [1.165, 1.54) is 5.56 Å². The van der Waals surface area contributed by atoms with Gasteiger partial charge in [-0.2, -0.15) is 10.4 Å². The van der Waals surface area contributed by atoms with Crippen LogP contribution in [0.4, 0.5) is 5.82 Å². The number of hydrogen-bond donors (Lipinski definition) is 2. The second-order valence-corrected chi connectivity index (χ2v) is 6.46. The molecule has 2 aromatic rings. The first-order valence-corrected chi connectivity index (χ1v) is 8.42. The van der Waals surface area contributed by atoms with Crippen molar-refractivity contribution in [3.63, 3.8) is 0 Å². The summed E-state index contributed by atoms with van der Waals surface area (Å²) in [6.07, 6.45) is 3.99. The zero-order chi connectivity index (χ0) is 16.5. The van der Waals surface area contributed by atoms with Crippen molar-refractivity contribution in [2.75, 3.05) is 18.5 Å². The van der Waals surface area contributed by atoms with Crippen molar-refractivity contribution in [3.05, 3.63) is 34.5 Å². The molecule has 1 fully saturated rings. The van der Waals surface area contributed by atoms with Crippen molar-refractivity contribution in [2.45, 2.75) is 38.7 Å². The van der Waals surface area contributed by atoms with Crippen molar-refractivity contribution in [1.82, 2.24) is 20.2 Å². The third-order valence-corrected chi connectivity index (χ3v) is 4.79. The lowest BCUT2D eigenvalue weighted by Gasteiger charge is -2.17. The van der Waals surface area contributed by atoms with Crippen LogP contribution in [0.3, 0.4) is 0 Å². The van der Waals surface area contributed by atoms with Gasteiger partial charge in [0.25, 0.3) is 0 Å². The number of nitrogens with one attached hydrogen (secondary N) is 2. The van der Waals surface area contributed by atoms with Gasteiger partial charge in [-0.1, -0.05) is 0 Å². The number of pyridine rings is 1. The molecule has 2 atom stereocenters. The maximum atomic E-state index is 9.40. The van der Waals surface area contributed by atoms with E-state index in [1.54, 1.807) is 0 Å². The number of aryl methyl sites for hydroxylation is 3. The molecule has 0 unspecified atom stereocenters. The Morgan fingerprint density at radius 1 is 1.42 bits per heavy atom. The summed E-state index contributed by atoms with van der Waals surface area (Å²) in [6, 6.07) is 4.25. The fourth-order valence-electron chi connectivity index (χ4n) is 3.54. The number of aromatic nitrogens is 4. The Balaban J connectivity index is 1.49. The van der Waals surface area contributed by atoms with Crippen LogP contribution < -0.4 is 5.32 Å². The highest BCUT2D eigenvalue weighted by atomic mass is 16.5. The molecule has 7 nitrogen and oxygen atoms in total. The minimum Gasteiger partial charge on any atom is -0.370 e. The second kappa shape index (κ2) is 6.21. The molecule has 1 aliphatic heterocycles. The average Bonchev–Trinajstić information content (AvgIpc) is 3.31. The molecule has 0 saturated carbocycles. The number of nitrogens with zero attached hydrogens (tertiary/aromatic N) is 4. The lowest BCUT2D eigenvalue weighted by molar-refractivity contribution is 0.0863. The van der Waals surface area contributed by atoms with Crippen LogP contribution in [0.25, 0.3) is 0 Å². The van der Waals surface area contributed by atoms with Crippen LogP contribution in [0.15, 0.2) is 6.07 Å². The summed E-state index contributed by atoms with van der Waals surface area (Å²) in [5, 5.41) is 19.9. The van der Waals surface area contributed by atoms with E-state index in [9.17, 15) is 5.26 Å². The van der Waals surface area contributed by atoms with E-state index in [1.807, 2.05) is 13.0 Å². The first-order valence-electron chi connectivity index (χ1n) is 8.42. The van der Waals surface area contributed by atoms with Gasteiger partial charge in [-0.3, -0.25) is 5.10 Å². The van der Waals surface area contributed by atoms with E-state index in [2.05, 4.69) is 31.6 Å². The van der Waals surface area contributed by atoms with Gasteiger partial charge in [0, 0.05) is 24.8 Å². The third kappa shape index (κ3) is 2.74. The summed E-state index contributed by atoms with van der Waals surface area (Å²) in [5.41, 5.74) is 2.97. The van der Waals surface area contributed by atoms with Crippen LogP contribution in [0.2, 0.25) is 0 Å². The van der Waals surface area contributed by atoms with Gasteiger partial charge in [-0.05, 0) is 44.2 Å². The van der Waals surface area contributed by atoms with Gasteiger partial charge >= 0.3 is 0 Å². The number of hydrogen-bond acceptors (Lipinski definition) is 6. The molecule has 1 saturated heterocycles. The highest BCUT2D eigenvalue weighted by molar-refractivity contribution is 5.55. The van der Waals surface area contributed by atoms with E-state index in [4.69, 9.17) is 4.74 Å². The average molecular weight is 324 g/mol. The molecule has 124 valence electrons. The first kappa shape index (κ1) is 15.1. The molecule has 0 bridgehead atoms. The number of nitriles is 1. The molecule has 2 N–H and O–H groups in total. The molecule has 0 radical (unpaired) electrons. The zero-order valence-electron chi connectivity index (χ0n) is 13.7. The number of anilines is 1. The predicted octanol–water partition coefficient (Wildman–Crippen LogP) is 2.06. The van der Waals surface area contributed by atoms with E-state index in [-0.39, 0.29) is 12.0 Å². The first-order chi connectivity index (χ1) is 11.7. The molecule has 24 heavy (non-hydrogen) atoms. The Labute approximate surface area is 140 Å². The summed E-state index contributed by atoms with van der Waals surface area (Å²) in [7, 11) is 0. The number of ether oxygens (including phenoxy) is 1. The SMILES string of the molecule is Cc1nc([C@H]2OCC[C@H]2CNc2nc3c(cc2C#N)CCC3)n[nH]1. The van der Waals surface area contributed by atoms with Crippen molar-refractivity contribution < 1.29 is 4.74 Å². The fraction of sp³-hybridized carbons (Fsp3) is 0.529. The summed E-state index contributed by atoms with van der Waals surface area (Å²) in [5.74, 6) is 2.45. The Bertz CT molecular complexity index is 793. The Hall–Kier alpha value is -2.46. The normalized spacial score (nSPS) is 22.3. The monoisotopic (exact) mass is 324 g/mol. The van der Waals surface area contributed by atoms with Crippen molar-refractivity contribution in [1.29, 1.82) is 5.26 Å². The highest BCUT2D eigenvalue weighted by Crippen LogP contribution is 2.33. The lowest BCUT2D eigenvalue weighted by atomic mass is 10.0. The summed E-state index contributed by atoms with van der Waals surface area (Å²) in [4.78, 5) is 9.07. The maximum absolute atomic E-state index is 9.40. The van der Waals surface area contributed by atoms with Gasteiger partial charge in [-0.25, -0.2) is 9.97 Å². The topological polar surface area (TPSA) is 99.5 Å². The molecule has 3 heterocycles. The van der Waals surface area contributed by atoms with Crippen molar-refractivity contribution in [3.8, 4) is 6.07 Å². The Kier molecular flexibility index (Phi) is 3.90. The predicted molar refractivity (Wildman–Crippen MR) is 87.4 cm³/mol. The van der Waals surface area contributed by atoms with E-state index in [0.29, 0.717) is 30.4 Å². The number of rotatable bonds is 4. The molecule has 0 amide bonds. The second-order valence-electron chi connectivity index (χ2n) is 6.46. The van der Waals surface area contributed by atoms with E-state index < -0.39 is 0 Å². The molecule has 1 aliphatic carbocycles. The van der Waals surface area contributed by atoms with Gasteiger partial charge in [0.15, 0.2) is 5.82 Å². The smallest absolute Gasteiger partial charge is 0.179 e.